The van der Waals surface area contributed by atoms with Crippen molar-refractivity contribution in [2.45, 2.75) is 46.1 Å². The van der Waals surface area contributed by atoms with E-state index >= 15 is 0 Å². The fraction of sp³-hybridized carbons (Fsp3) is 0.562. The lowest BCUT2D eigenvalue weighted by Gasteiger charge is -2.35. The number of cyclic esters (lactones) is 1. The molecule has 0 bridgehead atoms. The number of ether oxygens (including phenoxy) is 1. The van der Waals surface area contributed by atoms with Gasteiger partial charge in [-0.15, -0.1) is 0 Å². The Morgan fingerprint density at radius 2 is 2.09 bits per heavy atom. The Morgan fingerprint density at radius 1 is 1.43 bits per heavy atom. The number of hydrogen-bond donors (Lipinski definition) is 0. The fourth-order valence-corrected chi connectivity index (χ4v) is 4.07. The third-order valence-corrected chi connectivity index (χ3v) is 5.14. The van der Waals surface area contributed by atoms with Gasteiger partial charge in [0.2, 0.25) is 0 Å². The molecule has 1 unspecified atom stereocenters. The van der Waals surface area contributed by atoms with E-state index in [0.717, 1.165) is 0 Å². The van der Waals surface area contributed by atoms with Gasteiger partial charge in [-0.1, -0.05) is 20.8 Å². The lowest BCUT2D eigenvalue weighted by Crippen LogP contribution is -2.44. The quantitative estimate of drug-likeness (QED) is 0.702. The van der Waals surface area contributed by atoms with E-state index < -0.39 is 21.0 Å². The average Bonchev–Trinajstić information content (AvgIpc) is 2.79. The van der Waals surface area contributed by atoms with Crippen molar-refractivity contribution in [2.75, 3.05) is 11.4 Å². The number of anilines is 1. The molecule has 1 aromatic carbocycles. The molecule has 1 fully saturated rings. The number of carbonyl (C=O) groups excluding carboxylic acids is 1. The Hall–Kier alpha value is -0.923. The van der Waals surface area contributed by atoms with Crippen LogP contribution in [0.5, 0.6) is 0 Å². The predicted octanol–water partition coefficient (Wildman–Crippen LogP) is 4.33. The van der Waals surface area contributed by atoms with E-state index in [1.165, 1.54) is 11.0 Å². The number of amides is 1. The van der Waals surface area contributed by atoms with Crippen molar-refractivity contribution in [1.29, 1.82) is 0 Å². The Balaban J connectivity index is 2.22. The van der Waals surface area contributed by atoms with Gasteiger partial charge < -0.3 is 9.16 Å². The van der Waals surface area contributed by atoms with Crippen LogP contribution in [0.2, 0.25) is 13.1 Å². The molecular formula is C16H23BrFNO3Si. The summed E-state index contributed by atoms with van der Waals surface area (Å²) in [5.41, 5.74) is 0.344. The zero-order chi connectivity index (χ0) is 17.4. The Labute approximate surface area is 146 Å². The maximum absolute atomic E-state index is 13.7. The van der Waals surface area contributed by atoms with Crippen LogP contribution in [-0.2, 0) is 9.16 Å². The van der Waals surface area contributed by atoms with Gasteiger partial charge in [-0.25, -0.2) is 9.18 Å². The van der Waals surface area contributed by atoms with Gasteiger partial charge >= 0.3 is 6.09 Å². The van der Waals surface area contributed by atoms with E-state index in [0.29, 0.717) is 16.7 Å². The van der Waals surface area contributed by atoms with Crippen LogP contribution in [0.3, 0.4) is 0 Å². The molecule has 1 amide bonds. The fourth-order valence-electron chi connectivity index (χ4n) is 2.65. The number of nitrogens with zero attached hydrogens (tertiary/aromatic N) is 1. The maximum atomic E-state index is 13.7. The van der Waals surface area contributed by atoms with Gasteiger partial charge in [-0.2, -0.15) is 0 Å². The van der Waals surface area contributed by atoms with Crippen molar-refractivity contribution in [2.24, 2.45) is 5.41 Å². The van der Waals surface area contributed by atoms with E-state index in [4.69, 9.17) is 9.16 Å². The minimum Gasteiger partial charge on any atom is -0.441 e. The summed E-state index contributed by atoms with van der Waals surface area (Å²) < 4.78 is 25.8. The number of carbonyl (C=O) groups is 1. The van der Waals surface area contributed by atoms with Crippen molar-refractivity contribution in [3.63, 3.8) is 0 Å². The normalized spacial score (nSPS) is 20.1. The molecule has 23 heavy (non-hydrogen) atoms. The summed E-state index contributed by atoms with van der Waals surface area (Å²) >= 11 is 3.12. The summed E-state index contributed by atoms with van der Waals surface area (Å²) in [6.07, 6.45) is -0.993. The molecule has 4 nitrogen and oxygen atoms in total. The highest BCUT2D eigenvalue weighted by atomic mass is 79.9. The zero-order valence-corrected chi connectivity index (χ0v) is 16.8. The molecule has 1 aliphatic heterocycles. The van der Waals surface area contributed by atoms with Gasteiger partial charge in [0.25, 0.3) is 0 Å². The van der Waals surface area contributed by atoms with Gasteiger partial charge in [0.05, 0.1) is 22.8 Å². The number of rotatable bonds is 4. The first kappa shape index (κ1) is 18.4. The highest BCUT2D eigenvalue weighted by molar-refractivity contribution is 9.10. The second-order valence-corrected chi connectivity index (χ2v) is 10.3. The monoisotopic (exact) mass is 403 g/mol. The molecule has 0 aliphatic carbocycles. The van der Waals surface area contributed by atoms with Crippen LogP contribution in [-0.4, -0.2) is 33.9 Å². The second kappa shape index (κ2) is 6.90. The smallest absolute Gasteiger partial charge is 0.414 e. The van der Waals surface area contributed by atoms with Crippen LogP contribution in [0.25, 0.3) is 0 Å². The molecule has 0 radical (unpaired) electrons. The number of hydrogen-bond acceptors (Lipinski definition) is 3. The molecule has 0 spiro atoms. The standard InChI is InChI=1S/C16H23BrFNO3Si/c1-16(2,3)14(22-23(4)5)13-9-19(15(20)21-13)10-6-7-11(17)12(18)8-10/h6-8,13-14,23H,9H2,1-5H3/t13?,14-/m0/s1. The first-order chi connectivity index (χ1) is 10.6. The summed E-state index contributed by atoms with van der Waals surface area (Å²) in [4.78, 5) is 13.7. The van der Waals surface area contributed by atoms with Crippen LogP contribution in [0.15, 0.2) is 22.7 Å². The largest absolute Gasteiger partial charge is 0.441 e. The average molecular weight is 404 g/mol. The van der Waals surface area contributed by atoms with Gasteiger partial charge in [0.15, 0.2) is 9.04 Å². The summed E-state index contributed by atoms with van der Waals surface area (Å²) in [5.74, 6) is -0.406. The van der Waals surface area contributed by atoms with Crippen molar-refractivity contribution < 1.29 is 18.3 Å². The van der Waals surface area contributed by atoms with Crippen LogP contribution in [0.1, 0.15) is 20.8 Å². The van der Waals surface area contributed by atoms with E-state index in [1.807, 2.05) is 0 Å². The molecular weight excluding hydrogens is 381 g/mol. The lowest BCUT2D eigenvalue weighted by atomic mass is 9.86. The first-order valence-electron chi connectivity index (χ1n) is 7.68. The van der Waals surface area contributed by atoms with Crippen LogP contribution < -0.4 is 4.90 Å². The molecule has 128 valence electrons. The third kappa shape index (κ3) is 4.33. The van der Waals surface area contributed by atoms with Crippen molar-refractivity contribution in [1.82, 2.24) is 0 Å². The minimum absolute atomic E-state index is 0.150. The molecule has 1 aromatic rings. The third-order valence-electron chi connectivity index (χ3n) is 3.66. The van der Waals surface area contributed by atoms with E-state index in [9.17, 15) is 9.18 Å². The maximum Gasteiger partial charge on any atom is 0.414 e. The SMILES string of the molecule is C[SiH](C)O[C@@H](C1CN(c2ccc(Br)c(F)c2)C(=O)O1)C(C)(C)C. The highest BCUT2D eigenvalue weighted by Crippen LogP contribution is 2.33. The van der Waals surface area contributed by atoms with Gasteiger partial charge in [0.1, 0.15) is 11.9 Å². The van der Waals surface area contributed by atoms with Crippen LogP contribution in [0, 0.1) is 11.2 Å². The second-order valence-electron chi connectivity index (χ2n) is 7.10. The molecule has 2 atom stereocenters. The van der Waals surface area contributed by atoms with Crippen molar-refractivity contribution in [3.05, 3.63) is 28.5 Å². The molecule has 0 saturated carbocycles. The van der Waals surface area contributed by atoms with E-state index in [2.05, 4.69) is 49.8 Å². The Kier molecular flexibility index (Phi) is 5.53. The molecule has 1 aliphatic rings. The number of halogens is 2. The van der Waals surface area contributed by atoms with Gasteiger partial charge in [0, 0.05) is 0 Å². The summed E-state index contributed by atoms with van der Waals surface area (Å²) in [7, 11) is -1.29. The van der Waals surface area contributed by atoms with E-state index in [-0.39, 0.29) is 17.6 Å². The van der Waals surface area contributed by atoms with E-state index in [1.54, 1.807) is 12.1 Å². The highest BCUT2D eigenvalue weighted by Gasteiger charge is 2.43. The van der Waals surface area contributed by atoms with Gasteiger partial charge in [-0.3, -0.25) is 4.90 Å². The molecule has 1 heterocycles. The molecule has 1 saturated heterocycles. The number of benzene rings is 1. The Bertz CT molecular complexity index is 591. The summed E-state index contributed by atoms with van der Waals surface area (Å²) in [6, 6.07) is 4.61. The van der Waals surface area contributed by atoms with Crippen molar-refractivity contribution >= 4 is 36.8 Å². The molecule has 2 rings (SSSR count). The Morgan fingerprint density at radius 3 is 2.61 bits per heavy atom. The molecule has 7 heteroatoms. The minimum atomic E-state index is -1.29. The molecule has 0 aromatic heterocycles. The summed E-state index contributed by atoms with van der Waals surface area (Å²) in [5, 5.41) is 0. The van der Waals surface area contributed by atoms with Crippen LogP contribution >= 0.6 is 15.9 Å². The lowest BCUT2D eigenvalue weighted by molar-refractivity contribution is -0.0143. The van der Waals surface area contributed by atoms with Gasteiger partial charge in [-0.05, 0) is 52.6 Å². The predicted molar refractivity (Wildman–Crippen MR) is 94.9 cm³/mol. The zero-order valence-electron chi connectivity index (χ0n) is 14.1. The van der Waals surface area contributed by atoms with Crippen molar-refractivity contribution in [3.8, 4) is 0 Å². The van der Waals surface area contributed by atoms with Crippen LogP contribution in [0.4, 0.5) is 14.9 Å². The molecule has 0 N–H and O–H groups in total. The summed E-state index contributed by atoms with van der Waals surface area (Å²) in [6.45, 7) is 10.8. The first-order valence-corrected chi connectivity index (χ1v) is 11.3. The topological polar surface area (TPSA) is 38.8 Å².